The van der Waals surface area contributed by atoms with E-state index >= 15 is 0 Å². The van der Waals surface area contributed by atoms with Crippen LogP contribution in [0.4, 0.5) is 10.5 Å². The van der Waals surface area contributed by atoms with Gasteiger partial charge in [0.2, 0.25) is 5.89 Å². The van der Waals surface area contributed by atoms with Crippen molar-refractivity contribution >= 4 is 11.7 Å². The highest BCUT2D eigenvalue weighted by Crippen LogP contribution is 2.15. The highest BCUT2D eigenvalue weighted by Gasteiger charge is 2.06. The molecule has 3 N–H and O–H groups in total. The minimum Gasteiger partial charge on any atom is -0.340 e. The summed E-state index contributed by atoms with van der Waals surface area (Å²) in [7, 11) is 1.91. The Hall–Kier alpha value is -2.41. The summed E-state index contributed by atoms with van der Waals surface area (Å²) in [5, 5.41) is 12.3. The third-order valence-corrected chi connectivity index (χ3v) is 3.08. The summed E-state index contributed by atoms with van der Waals surface area (Å²) in [6.07, 6.45) is 0. The third-order valence-electron chi connectivity index (χ3n) is 3.08. The zero-order chi connectivity index (χ0) is 15.2. The fourth-order valence-electron chi connectivity index (χ4n) is 1.77. The van der Waals surface area contributed by atoms with Crippen LogP contribution in [-0.2, 0) is 6.54 Å². The second-order valence-corrected chi connectivity index (χ2v) is 4.67. The van der Waals surface area contributed by atoms with E-state index in [9.17, 15) is 4.79 Å². The van der Waals surface area contributed by atoms with Crippen molar-refractivity contribution in [2.45, 2.75) is 26.4 Å². The summed E-state index contributed by atoms with van der Waals surface area (Å²) in [5.74, 6) is 0.919. The van der Waals surface area contributed by atoms with E-state index in [1.165, 1.54) is 0 Å². The van der Waals surface area contributed by atoms with Gasteiger partial charge in [-0.1, -0.05) is 17.3 Å². The van der Waals surface area contributed by atoms with Crippen molar-refractivity contribution in [3.05, 3.63) is 41.5 Å². The fraction of sp³-hybridized carbons (Fsp3) is 0.357. The summed E-state index contributed by atoms with van der Waals surface area (Å²) in [4.78, 5) is 15.7. The van der Waals surface area contributed by atoms with Gasteiger partial charge in [-0.15, -0.1) is 0 Å². The summed E-state index contributed by atoms with van der Waals surface area (Å²) < 4.78 is 4.82. The predicted octanol–water partition coefficient (Wildman–Crippen LogP) is 1.98. The van der Waals surface area contributed by atoms with E-state index in [0.29, 0.717) is 11.7 Å². The van der Waals surface area contributed by atoms with E-state index in [2.05, 4.69) is 33.0 Å². The van der Waals surface area contributed by atoms with Crippen LogP contribution in [0.5, 0.6) is 0 Å². The maximum Gasteiger partial charge on any atom is 0.319 e. The Balaban J connectivity index is 1.84. The highest BCUT2D eigenvalue weighted by molar-refractivity contribution is 5.89. The maximum atomic E-state index is 11.7. The molecule has 2 rings (SSSR count). The van der Waals surface area contributed by atoms with Gasteiger partial charge in [0.05, 0.1) is 6.54 Å². The lowest BCUT2D eigenvalue weighted by Gasteiger charge is -2.11. The van der Waals surface area contributed by atoms with Gasteiger partial charge in [0.15, 0.2) is 5.82 Å². The summed E-state index contributed by atoms with van der Waals surface area (Å²) in [6.45, 7) is 3.99. The topological polar surface area (TPSA) is 92.1 Å². The van der Waals surface area contributed by atoms with Crippen LogP contribution in [0.15, 0.2) is 28.8 Å². The first kappa shape index (κ1) is 15.0. The van der Waals surface area contributed by atoms with Crippen LogP contribution >= 0.6 is 0 Å². The molecule has 1 heterocycles. The minimum atomic E-state index is -0.313. The highest BCUT2D eigenvalue weighted by atomic mass is 16.5. The molecule has 0 saturated carbocycles. The molecule has 0 aliphatic heterocycles. The van der Waals surface area contributed by atoms with Crippen LogP contribution in [0, 0.1) is 6.92 Å². The molecule has 1 atom stereocenters. The van der Waals surface area contributed by atoms with Gasteiger partial charge in [0.1, 0.15) is 0 Å². The SMILES string of the molecule is CNC(C)c1ccc(NC(=O)NCc2noc(C)n2)cc1. The number of aromatic nitrogens is 2. The van der Waals surface area contributed by atoms with Crippen LogP contribution in [-0.4, -0.2) is 23.2 Å². The first-order valence-corrected chi connectivity index (χ1v) is 6.69. The van der Waals surface area contributed by atoms with E-state index < -0.39 is 0 Å². The molecular weight excluding hydrogens is 270 g/mol. The molecular formula is C14H19N5O2. The number of carbonyl (C=O) groups is 1. The average molecular weight is 289 g/mol. The van der Waals surface area contributed by atoms with E-state index in [0.717, 1.165) is 11.3 Å². The van der Waals surface area contributed by atoms with Gasteiger partial charge < -0.3 is 20.5 Å². The smallest absolute Gasteiger partial charge is 0.319 e. The largest absolute Gasteiger partial charge is 0.340 e. The van der Waals surface area contributed by atoms with Gasteiger partial charge in [-0.2, -0.15) is 4.98 Å². The molecule has 0 spiro atoms. The molecule has 1 aromatic heterocycles. The molecule has 0 fully saturated rings. The fourth-order valence-corrected chi connectivity index (χ4v) is 1.77. The molecule has 0 radical (unpaired) electrons. The normalized spacial score (nSPS) is 12.0. The monoisotopic (exact) mass is 289 g/mol. The standard InChI is InChI=1S/C14H19N5O2/c1-9(15-3)11-4-6-12(7-5-11)18-14(20)16-8-13-17-10(2)21-19-13/h4-7,9,15H,8H2,1-3H3,(H2,16,18,20). The number of aryl methyl sites for hydroxylation is 1. The Labute approximate surface area is 123 Å². The lowest BCUT2D eigenvalue weighted by atomic mass is 10.1. The van der Waals surface area contributed by atoms with Crippen molar-refractivity contribution in [1.29, 1.82) is 0 Å². The number of nitrogens with one attached hydrogen (secondary N) is 3. The van der Waals surface area contributed by atoms with Gasteiger partial charge >= 0.3 is 6.03 Å². The van der Waals surface area contributed by atoms with Crippen molar-refractivity contribution in [2.24, 2.45) is 0 Å². The molecule has 7 heteroatoms. The van der Waals surface area contributed by atoms with Crippen molar-refractivity contribution in [3.8, 4) is 0 Å². The van der Waals surface area contributed by atoms with Gasteiger partial charge in [0, 0.05) is 18.7 Å². The number of nitrogens with zero attached hydrogens (tertiary/aromatic N) is 2. The van der Waals surface area contributed by atoms with Gasteiger partial charge in [-0.25, -0.2) is 4.79 Å². The van der Waals surface area contributed by atoms with Crippen molar-refractivity contribution in [3.63, 3.8) is 0 Å². The number of benzene rings is 1. The molecule has 0 saturated heterocycles. The number of hydrogen-bond acceptors (Lipinski definition) is 5. The number of carbonyl (C=O) groups excluding carboxylic acids is 1. The van der Waals surface area contributed by atoms with Crippen LogP contribution < -0.4 is 16.0 Å². The minimum absolute atomic E-state index is 0.220. The number of amides is 2. The third kappa shape index (κ3) is 4.28. The lowest BCUT2D eigenvalue weighted by molar-refractivity contribution is 0.251. The molecule has 2 aromatic rings. The lowest BCUT2D eigenvalue weighted by Crippen LogP contribution is -2.28. The molecule has 0 aliphatic rings. The Morgan fingerprint density at radius 1 is 1.33 bits per heavy atom. The second kappa shape index (κ2) is 6.85. The van der Waals surface area contributed by atoms with Gasteiger partial charge in [-0.05, 0) is 31.7 Å². The average Bonchev–Trinajstić information content (AvgIpc) is 2.91. The predicted molar refractivity (Wildman–Crippen MR) is 78.8 cm³/mol. The second-order valence-electron chi connectivity index (χ2n) is 4.67. The quantitative estimate of drug-likeness (QED) is 0.782. The molecule has 112 valence electrons. The Kier molecular flexibility index (Phi) is 4.89. The van der Waals surface area contributed by atoms with Crippen molar-refractivity contribution < 1.29 is 9.32 Å². The number of urea groups is 1. The molecule has 1 aromatic carbocycles. The maximum absolute atomic E-state index is 11.7. The van der Waals surface area contributed by atoms with E-state index in [1.54, 1.807) is 6.92 Å². The van der Waals surface area contributed by atoms with Crippen molar-refractivity contribution in [2.75, 3.05) is 12.4 Å². The Morgan fingerprint density at radius 3 is 2.62 bits per heavy atom. The molecule has 0 aliphatic carbocycles. The molecule has 2 amide bonds. The molecule has 1 unspecified atom stereocenters. The van der Waals surface area contributed by atoms with Crippen LogP contribution in [0.25, 0.3) is 0 Å². The zero-order valence-electron chi connectivity index (χ0n) is 12.3. The van der Waals surface area contributed by atoms with E-state index in [-0.39, 0.29) is 18.6 Å². The number of hydrogen-bond donors (Lipinski definition) is 3. The van der Waals surface area contributed by atoms with E-state index in [4.69, 9.17) is 4.52 Å². The first-order valence-electron chi connectivity index (χ1n) is 6.69. The summed E-state index contributed by atoms with van der Waals surface area (Å²) in [5.41, 5.74) is 1.88. The van der Waals surface area contributed by atoms with Crippen LogP contribution in [0.2, 0.25) is 0 Å². The zero-order valence-corrected chi connectivity index (χ0v) is 12.3. The first-order chi connectivity index (χ1) is 10.1. The van der Waals surface area contributed by atoms with Gasteiger partial charge in [-0.3, -0.25) is 0 Å². The van der Waals surface area contributed by atoms with Gasteiger partial charge in [0.25, 0.3) is 0 Å². The Morgan fingerprint density at radius 2 is 2.05 bits per heavy atom. The van der Waals surface area contributed by atoms with E-state index in [1.807, 2.05) is 31.3 Å². The molecule has 21 heavy (non-hydrogen) atoms. The number of anilines is 1. The van der Waals surface area contributed by atoms with Crippen molar-refractivity contribution in [1.82, 2.24) is 20.8 Å². The van der Waals surface area contributed by atoms with Crippen LogP contribution in [0.3, 0.4) is 0 Å². The van der Waals surface area contributed by atoms with Crippen LogP contribution in [0.1, 0.15) is 30.2 Å². The molecule has 0 bridgehead atoms. The summed E-state index contributed by atoms with van der Waals surface area (Å²) >= 11 is 0. The Bertz CT molecular complexity index is 594. The molecule has 7 nitrogen and oxygen atoms in total. The summed E-state index contributed by atoms with van der Waals surface area (Å²) in [6, 6.07) is 7.63. The number of rotatable bonds is 5.